The van der Waals surface area contributed by atoms with Crippen LogP contribution in [-0.4, -0.2) is 68.6 Å². The number of anilines is 2. The molecule has 0 saturated carbocycles. The third-order valence-electron chi connectivity index (χ3n) is 8.46. The summed E-state index contributed by atoms with van der Waals surface area (Å²) in [4.78, 5) is 21.9. The van der Waals surface area contributed by atoms with E-state index in [1.807, 2.05) is 24.5 Å². The zero-order valence-electron chi connectivity index (χ0n) is 20.7. The van der Waals surface area contributed by atoms with Gasteiger partial charge in [0.15, 0.2) is 22.2 Å². The van der Waals surface area contributed by atoms with Crippen LogP contribution in [-0.2, 0) is 11.2 Å². The third kappa shape index (κ3) is 3.40. The van der Waals surface area contributed by atoms with E-state index in [9.17, 15) is 0 Å². The number of nitrogens with one attached hydrogen (secondary N) is 2. The average Bonchev–Trinajstić information content (AvgIpc) is 3.46. The fourth-order valence-corrected chi connectivity index (χ4v) is 7.09. The van der Waals surface area contributed by atoms with Gasteiger partial charge in [-0.25, -0.2) is 15.0 Å². The number of aromatic amines is 1. The number of ether oxygens (including phenoxy) is 2. The summed E-state index contributed by atoms with van der Waals surface area (Å²) in [5.74, 6) is 2.33. The molecular weight excluding hydrogens is 502 g/mol. The molecule has 194 valence electrons. The van der Waals surface area contributed by atoms with E-state index >= 15 is 0 Å². The standard InChI is InChI=1S/C26H27N9O2S/c27-21-15-2-1-6-28-16(15)10-25(21)4-8-35(9-5-25)18-11-30-19-22(31-18)33-34-24(19)38-17-3-7-29-23-20(17)37-14-26(32-23)12-36-13-26/h1-3,6-7,11,21H,4-5,8-10,12-14,27H2,(H,29,32)(H,31,33,34)/t21-/m1/s1. The van der Waals surface area contributed by atoms with Gasteiger partial charge in [-0.3, -0.25) is 10.1 Å². The molecule has 8 rings (SSSR count). The Bertz CT molecular complexity index is 1550. The summed E-state index contributed by atoms with van der Waals surface area (Å²) in [5.41, 5.74) is 10.4. The van der Waals surface area contributed by atoms with Gasteiger partial charge in [0.1, 0.15) is 23.5 Å². The Labute approximate surface area is 222 Å². The third-order valence-corrected chi connectivity index (χ3v) is 9.48. The van der Waals surface area contributed by atoms with Crippen LogP contribution in [0.25, 0.3) is 11.2 Å². The number of hydrogen-bond acceptors (Lipinski definition) is 11. The van der Waals surface area contributed by atoms with Crippen molar-refractivity contribution >= 4 is 34.6 Å². The fourth-order valence-electron chi connectivity index (χ4n) is 6.16. The van der Waals surface area contributed by atoms with Crippen molar-refractivity contribution in [1.82, 2.24) is 30.1 Å². The molecule has 2 spiro atoms. The Kier molecular flexibility index (Phi) is 4.89. The second-order valence-electron chi connectivity index (χ2n) is 10.8. The number of hydrogen-bond donors (Lipinski definition) is 3. The van der Waals surface area contributed by atoms with E-state index in [1.165, 1.54) is 17.3 Å². The lowest BCUT2D eigenvalue weighted by atomic mass is 9.73. The van der Waals surface area contributed by atoms with Gasteiger partial charge in [0.25, 0.3) is 0 Å². The monoisotopic (exact) mass is 529 g/mol. The van der Waals surface area contributed by atoms with Gasteiger partial charge in [-0.1, -0.05) is 17.8 Å². The van der Waals surface area contributed by atoms with E-state index in [2.05, 4.69) is 36.4 Å². The molecule has 7 heterocycles. The van der Waals surface area contributed by atoms with Crippen molar-refractivity contribution in [2.24, 2.45) is 11.1 Å². The Morgan fingerprint density at radius 1 is 1.08 bits per heavy atom. The molecule has 4 aliphatic rings. The van der Waals surface area contributed by atoms with Crippen molar-refractivity contribution in [3.05, 3.63) is 48.0 Å². The van der Waals surface area contributed by atoms with Crippen LogP contribution >= 0.6 is 11.8 Å². The molecule has 4 aromatic heterocycles. The van der Waals surface area contributed by atoms with Gasteiger partial charge in [0, 0.05) is 37.2 Å². The highest BCUT2D eigenvalue weighted by molar-refractivity contribution is 7.99. The van der Waals surface area contributed by atoms with Crippen LogP contribution in [0.4, 0.5) is 11.6 Å². The van der Waals surface area contributed by atoms with E-state index in [0.717, 1.165) is 70.9 Å². The Balaban J connectivity index is 0.997. The minimum atomic E-state index is -0.165. The van der Waals surface area contributed by atoms with Crippen molar-refractivity contribution in [2.45, 2.75) is 40.8 Å². The van der Waals surface area contributed by atoms with E-state index in [0.29, 0.717) is 25.5 Å². The van der Waals surface area contributed by atoms with Crippen LogP contribution in [0.2, 0.25) is 0 Å². The molecular formula is C26H27N9O2S. The minimum absolute atomic E-state index is 0.0415. The molecule has 12 heteroatoms. The molecule has 0 radical (unpaired) electrons. The number of nitrogens with zero attached hydrogens (tertiary/aromatic N) is 6. The molecule has 0 amide bonds. The van der Waals surface area contributed by atoms with Crippen molar-refractivity contribution in [1.29, 1.82) is 0 Å². The molecule has 2 fully saturated rings. The first-order chi connectivity index (χ1) is 18.6. The summed E-state index contributed by atoms with van der Waals surface area (Å²) < 4.78 is 11.5. The van der Waals surface area contributed by atoms with Gasteiger partial charge >= 0.3 is 0 Å². The first kappa shape index (κ1) is 22.5. The zero-order chi connectivity index (χ0) is 25.3. The summed E-state index contributed by atoms with van der Waals surface area (Å²) in [7, 11) is 0. The normalized spacial score (nSPS) is 22.6. The topological polar surface area (TPSA) is 140 Å². The highest BCUT2D eigenvalue weighted by Crippen LogP contribution is 2.50. The maximum atomic E-state index is 6.72. The number of rotatable bonds is 3. The van der Waals surface area contributed by atoms with E-state index in [1.54, 1.807) is 6.20 Å². The van der Waals surface area contributed by atoms with Crippen molar-refractivity contribution in [3.8, 4) is 5.75 Å². The van der Waals surface area contributed by atoms with Crippen LogP contribution in [0.5, 0.6) is 5.75 Å². The molecule has 4 N–H and O–H groups in total. The highest BCUT2D eigenvalue weighted by atomic mass is 32.2. The summed E-state index contributed by atoms with van der Waals surface area (Å²) in [6.07, 6.45) is 8.46. The van der Waals surface area contributed by atoms with Crippen LogP contribution in [0.3, 0.4) is 0 Å². The molecule has 0 aromatic carbocycles. The lowest BCUT2D eigenvalue weighted by Gasteiger charge is -2.44. The van der Waals surface area contributed by atoms with Crippen LogP contribution in [0.15, 0.2) is 46.7 Å². The van der Waals surface area contributed by atoms with Gasteiger partial charge in [0.05, 0.1) is 24.3 Å². The number of aromatic nitrogens is 6. The molecule has 1 aliphatic carbocycles. The second-order valence-corrected chi connectivity index (χ2v) is 11.8. The average molecular weight is 530 g/mol. The summed E-state index contributed by atoms with van der Waals surface area (Å²) in [6.45, 7) is 3.58. The van der Waals surface area contributed by atoms with Gasteiger partial charge in [-0.2, -0.15) is 5.10 Å². The van der Waals surface area contributed by atoms with Gasteiger partial charge in [-0.15, -0.1) is 0 Å². The molecule has 0 bridgehead atoms. The molecule has 4 aromatic rings. The fraction of sp³-hybridized carbons (Fsp3) is 0.423. The predicted molar refractivity (Wildman–Crippen MR) is 141 cm³/mol. The van der Waals surface area contributed by atoms with Gasteiger partial charge < -0.3 is 25.4 Å². The summed E-state index contributed by atoms with van der Waals surface area (Å²) in [5, 5.41) is 11.8. The lowest BCUT2D eigenvalue weighted by molar-refractivity contribution is -0.0652. The largest absolute Gasteiger partial charge is 0.486 e. The molecule has 1 atom stereocenters. The van der Waals surface area contributed by atoms with E-state index in [-0.39, 0.29) is 17.0 Å². The predicted octanol–water partition coefficient (Wildman–Crippen LogP) is 2.71. The first-order valence-electron chi connectivity index (χ1n) is 12.9. The second kappa shape index (κ2) is 8.26. The highest BCUT2D eigenvalue weighted by Gasteiger charge is 2.47. The molecule has 11 nitrogen and oxygen atoms in total. The van der Waals surface area contributed by atoms with Crippen LogP contribution in [0, 0.1) is 5.41 Å². The summed E-state index contributed by atoms with van der Waals surface area (Å²) >= 11 is 1.50. The van der Waals surface area contributed by atoms with Crippen molar-refractivity contribution < 1.29 is 9.47 Å². The number of piperidine rings is 1. The zero-order valence-corrected chi connectivity index (χ0v) is 21.5. The van der Waals surface area contributed by atoms with Gasteiger partial charge in [-0.05, 0) is 42.4 Å². The Hall–Kier alpha value is -3.48. The maximum Gasteiger partial charge on any atom is 0.177 e. The lowest BCUT2D eigenvalue weighted by Crippen LogP contribution is -2.61. The number of nitrogens with two attached hydrogens (primary N) is 1. The van der Waals surface area contributed by atoms with E-state index in [4.69, 9.17) is 25.2 Å². The summed E-state index contributed by atoms with van der Waals surface area (Å²) in [6, 6.07) is 6.10. The van der Waals surface area contributed by atoms with Crippen molar-refractivity contribution in [3.63, 3.8) is 0 Å². The smallest absolute Gasteiger partial charge is 0.177 e. The van der Waals surface area contributed by atoms with Gasteiger partial charge in [0.2, 0.25) is 0 Å². The Morgan fingerprint density at radius 3 is 2.79 bits per heavy atom. The van der Waals surface area contributed by atoms with Crippen LogP contribution < -0.4 is 20.7 Å². The van der Waals surface area contributed by atoms with E-state index < -0.39 is 0 Å². The SMILES string of the molecule is N[C@@H]1c2cccnc2CC12CCN(c1cnc3c(Sc4ccnc5c4OCC4(COC4)N5)n[nH]c3n1)CC2. The molecule has 2 saturated heterocycles. The minimum Gasteiger partial charge on any atom is -0.486 e. The number of H-pyrrole nitrogens is 1. The molecule has 0 unspecified atom stereocenters. The number of fused-ring (bicyclic) bond motifs is 3. The van der Waals surface area contributed by atoms with Crippen molar-refractivity contribution in [2.75, 3.05) is 43.1 Å². The number of pyridine rings is 2. The van der Waals surface area contributed by atoms with Crippen LogP contribution in [0.1, 0.15) is 30.1 Å². The molecule has 3 aliphatic heterocycles. The maximum absolute atomic E-state index is 6.72. The quantitative estimate of drug-likeness (QED) is 0.361. The Morgan fingerprint density at radius 2 is 1.97 bits per heavy atom. The first-order valence-corrected chi connectivity index (χ1v) is 13.7. The molecule has 38 heavy (non-hydrogen) atoms.